The maximum absolute atomic E-state index is 13.6. The summed E-state index contributed by atoms with van der Waals surface area (Å²) in [5.41, 5.74) is 1.15. The average molecular weight is 264 g/mol. The number of hydrogen-bond donors (Lipinski definition) is 0. The summed E-state index contributed by atoms with van der Waals surface area (Å²) in [5, 5.41) is 0.0432. The van der Waals surface area contributed by atoms with E-state index in [1.54, 1.807) is 30.6 Å². The van der Waals surface area contributed by atoms with Crippen molar-refractivity contribution in [2.24, 2.45) is 0 Å². The third kappa shape index (κ3) is 3.14. The number of carbonyl (C=O) groups excluding carboxylic acids is 1. The van der Waals surface area contributed by atoms with E-state index < -0.39 is 5.82 Å². The second-order valence-corrected chi connectivity index (χ2v) is 4.37. The number of Topliss-reactive ketones (excluding diaryl/α,β-unsaturated/α-hetero) is 1. The fraction of sp³-hybridized carbons (Fsp3) is 0.143. The minimum Gasteiger partial charge on any atom is -0.299 e. The lowest BCUT2D eigenvalue weighted by molar-refractivity contribution is -0.117. The van der Waals surface area contributed by atoms with Crippen LogP contribution in [0.4, 0.5) is 4.39 Å². The van der Waals surface area contributed by atoms with Crippen LogP contribution in [-0.2, 0) is 17.6 Å². The molecule has 0 spiro atoms. The lowest BCUT2D eigenvalue weighted by Crippen LogP contribution is -2.08. The molecule has 0 amide bonds. The maximum Gasteiger partial charge on any atom is 0.145 e. The average Bonchev–Trinajstić information content (AvgIpc) is 2.36. The molecule has 0 atom stereocenters. The van der Waals surface area contributed by atoms with Crippen molar-refractivity contribution in [1.82, 2.24) is 4.98 Å². The van der Waals surface area contributed by atoms with Gasteiger partial charge in [0, 0.05) is 25.2 Å². The molecule has 2 rings (SSSR count). The zero-order chi connectivity index (χ0) is 13.0. The molecule has 92 valence electrons. The van der Waals surface area contributed by atoms with E-state index in [4.69, 9.17) is 11.6 Å². The number of pyridine rings is 1. The Morgan fingerprint density at radius 3 is 2.78 bits per heavy atom. The predicted octanol–water partition coefficient (Wildman–Crippen LogP) is 3.23. The van der Waals surface area contributed by atoms with Crippen LogP contribution < -0.4 is 0 Å². The quantitative estimate of drug-likeness (QED) is 0.848. The van der Waals surface area contributed by atoms with E-state index in [2.05, 4.69) is 4.98 Å². The van der Waals surface area contributed by atoms with Crippen LogP contribution in [0.5, 0.6) is 0 Å². The van der Waals surface area contributed by atoms with Gasteiger partial charge in [-0.05, 0) is 23.3 Å². The third-order valence-corrected chi connectivity index (χ3v) is 2.84. The standard InChI is InChI=1S/C14H11ClFNO/c15-13-5-1-4-11(14(13)16)8-12(18)7-10-3-2-6-17-9-10/h1-6,9H,7-8H2. The molecule has 0 unspecified atom stereocenters. The Bertz CT molecular complexity index is 557. The van der Waals surface area contributed by atoms with Crippen LogP contribution in [0.3, 0.4) is 0 Å². The zero-order valence-electron chi connectivity index (χ0n) is 9.57. The smallest absolute Gasteiger partial charge is 0.145 e. The number of carbonyl (C=O) groups is 1. The number of nitrogens with zero attached hydrogens (tertiary/aromatic N) is 1. The van der Waals surface area contributed by atoms with Crippen LogP contribution in [0.1, 0.15) is 11.1 Å². The molecule has 0 radical (unpaired) electrons. The van der Waals surface area contributed by atoms with Gasteiger partial charge in [0.05, 0.1) is 5.02 Å². The van der Waals surface area contributed by atoms with Crippen molar-refractivity contribution in [2.75, 3.05) is 0 Å². The van der Waals surface area contributed by atoms with Crippen molar-refractivity contribution < 1.29 is 9.18 Å². The van der Waals surface area contributed by atoms with Crippen molar-refractivity contribution >= 4 is 17.4 Å². The van der Waals surface area contributed by atoms with Crippen molar-refractivity contribution in [2.45, 2.75) is 12.8 Å². The first-order valence-electron chi connectivity index (χ1n) is 5.50. The number of ketones is 1. The Kier molecular flexibility index (Phi) is 4.05. The summed E-state index contributed by atoms with van der Waals surface area (Å²) in [4.78, 5) is 15.7. The minimum absolute atomic E-state index is 0.0429. The Hall–Kier alpha value is -1.74. The molecule has 0 fully saturated rings. The molecule has 0 saturated carbocycles. The minimum atomic E-state index is -0.515. The lowest BCUT2D eigenvalue weighted by atomic mass is 10.0. The molecule has 0 saturated heterocycles. The molecule has 0 aliphatic rings. The number of hydrogen-bond acceptors (Lipinski definition) is 2. The monoisotopic (exact) mass is 263 g/mol. The van der Waals surface area contributed by atoms with Gasteiger partial charge in [-0.1, -0.05) is 29.8 Å². The van der Waals surface area contributed by atoms with Gasteiger partial charge in [0.15, 0.2) is 0 Å². The van der Waals surface area contributed by atoms with Gasteiger partial charge < -0.3 is 0 Å². The van der Waals surface area contributed by atoms with Crippen molar-refractivity contribution in [3.8, 4) is 0 Å². The fourth-order valence-corrected chi connectivity index (χ4v) is 1.88. The fourth-order valence-electron chi connectivity index (χ4n) is 1.69. The maximum atomic E-state index is 13.6. The molecular weight excluding hydrogens is 253 g/mol. The second kappa shape index (κ2) is 5.74. The first-order chi connectivity index (χ1) is 8.66. The lowest BCUT2D eigenvalue weighted by Gasteiger charge is -2.04. The number of benzene rings is 1. The molecule has 0 aliphatic heterocycles. The van der Waals surface area contributed by atoms with Crippen LogP contribution >= 0.6 is 11.6 Å². The molecule has 0 N–H and O–H groups in total. The predicted molar refractivity (Wildman–Crippen MR) is 68.1 cm³/mol. The Morgan fingerprint density at radius 2 is 2.06 bits per heavy atom. The highest BCUT2D eigenvalue weighted by molar-refractivity contribution is 6.30. The summed E-state index contributed by atoms with van der Waals surface area (Å²) < 4.78 is 13.6. The van der Waals surface area contributed by atoms with E-state index in [-0.39, 0.29) is 23.6 Å². The number of halogens is 2. The highest BCUT2D eigenvalue weighted by atomic mass is 35.5. The molecule has 0 aliphatic carbocycles. The van der Waals surface area contributed by atoms with Crippen LogP contribution in [0, 0.1) is 5.82 Å². The van der Waals surface area contributed by atoms with Crippen LogP contribution in [0.15, 0.2) is 42.7 Å². The van der Waals surface area contributed by atoms with Crippen molar-refractivity contribution in [1.29, 1.82) is 0 Å². The van der Waals surface area contributed by atoms with Gasteiger partial charge in [-0.15, -0.1) is 0 Å². The Morgan fingerprint density at radius 1 is 1.22 bits per heavy atom. The second-order valence-electron chi connectivity index (χ2n) is 3.97. The summed E-state index contributed by atoms with van der Waals surface area (Å²) in [7, 11) is 0. The molecule has 2 nitrogen and oxygen atoms in total. The van der Waals surface area contributed by atoms with E-state index in [1.807, 2.05) is 6.07 Å². The van der Waals surface area contributed by atoms with Crippen LogP contribution in [-0.4, -0.2) is 10.8 Å². The van der Waals surface area contributed by atoms with Gasteiger partial charge >= 0.3 is 0 Å². The summed E-state index contributed by atoms with van der Waals surface area (Å²) in [5.74, 6) is -0.581. The van der Waals surface area contributed by atoms with Gasteiger partial charge in [-0.3, -0.25) is 9.78 Å². The van der Waals surface area contributed by atoms with E-state index >= 15 is 0 Å². The molecule has 1 heterocycles. The molecule has 4 heteroatoms. The normalized spacial score (nSPS) is 10.3. The highest BCUT2D eigenvalue weighted by Gasteiger charge is 2.11. The molecule has 1 aromatic heterocycles. The van der Waals surface area contributed by atoms with Gasteiger partial charge in [0.1, 0.15) is 11.6 Å². The van der Waals surface area contributed by atoms with Crippen molar-refractivity contribution in [3.05, 3.63) is 64.7 Å². The Balaban J connectivity index is 2.06. The largest absolute Gasteiger partial charge is 0.299 e. The molecule has 18 heavy (non-hydrogen) atoms. The van der Waals surface area contributed by atoms with Gasteiger partial charge in [0.25, 0.3) is 0 Å². The zero-order valence-corrected chi connectivity index (χ0v) is 10.3. The Labute approximate surface area is 109 Å². The first-order valence-corrected chi connectivity index (χ1v) is 5.88. The SMILES string of the molecule is O=C(Cc1cccnc1)Cc1cccc(Cl)c1F. The molecule has 1 aromatic carbocycles. The first kappa shape index (κ1) is 12.7. The van der Waals surface area contributed by atoms with Gasteiger partial charge in [0.2, 0.25) is 0 Å². The highest BCUT2D eigenvalue weighted by Crippen LogP contribution is 2.18. The van der Waals surface area contributed by atoms with Gasteiger partial charge in [-0.2, -0.15) is 0 Å². The van der Waals surface area contributed by atoms with E-state index in [9.17, 15) is 9.18 Å². The van der Waals surface area contributed by atoms with Crippen LogP contribution in [0.25, 0.3) is 0 Å². The molecule has 0 bridgehead atoms. The summed E-state index contributed by atoms with van der Waals surface area (Å²) in [6.07, 6.45) is 3.57. The van der Waals surface area contributed by atoms with E-state index in [0.29, 0.717) is 5.56 Å². The summed E-state index contributed by atoms with van der Waals surface area (Å²) in [6, 6.07) is 8.26. The topological polar surface area (TPSA) is 30.0 Å². The van der Waals surface area contributed by atoms with Gasteiger partial charge in [-0.25, -0.2) is 4.39 Å². The van der Waals surface area contributed by atoms with E-state index in [1.165, 1.54) is 6.07 Å². The number of rotatable bonds is 4. The van der Waals surface area contributed by atoms with Crippen LogP contribution in [0.2, 0.25) is 5.02 Å². The third-order valence-electron chi connectivity index (χ3n) is 2.54. The summed E-state index contributed by atoms with van der Waals surface area (Å²) in [6.45, 7) is 0. The van der Waals surface area contributed by atoms with E-state index in [0.717, 1.165) is 5.56 Å². The number of aromatic nitrogens is 1. The molecule has 2 aromatic rings. The summed E-state index contributed by atoms with van der Waals surface area (Å²) >= 11 is 5.66. The molecular formula is C14H11ClFNO. The van der Waals surface area contributed by atoms with Crippen molar-refractivity contribution in [3.63, 3.8) is 0 Å².